The van der Waals surface area contributed by atoms with Crippen LogP contribution in [0.15, 0.2) is 42.5 Å². The number of benzene rings is 2. The molecule has 0 aliphatic rings. The molecule has 4 nitrogen and oxygen atoms in total. The maximum absolute atomic E-state index is 11.2. The smallest absolute Gasteiger partial charge is 0.234 e. The number of amides is 1. The molecular formula is C19H20N2O2. The lowest BCUT2D eigenvalue weighted by Crippen LogP contribution is -2.24. The molecule has 0 saturated heterocycles. The molecular weight excluding hydrogens is 288 g/mol. The zero-order valence-electron chi connectivity index (χ0n) is 13.4. The molecule has 118 valence electrons. The van der Waals surface area contributed by atoms with Crippen LogP contribution in [0.25, 0.3) is 0 Å². The van der Waals surface area contributed by atoms with Crippen molar-refractivity contribution in [3.05, 3.63) is 59.2 Å². The Labute approximate surface area is 136 Å². The van der Waals surface area contributed by atoms with Gasteiger partial charge in [-0.1, -0.05) is 24.3 Å². The van der Waals surface area contributed by atoms with Crippen molar-refractivity contribution in [2.75, 3.05) is 6.54 Å². The van der Waals surface area contributed by atoms with Crippen molar-refractivity contribution in [1.29, 1.82) is 5.26 Å². The summed E-state index contributed by atoms with van der Waals surface area (Å²) in [6.07, 6.45) is 0.629. The first-order chi connectivity index (χ1) is 11.1. The van der Waals surface area contributed by atoms with Crippen molar-refractivity contribution in [3.63, 3.8) is 0 Å². The minimum atomic E-state index is -0.234. The van der Waals surface area contributed by atoms with Crippen molar-refractivity contribution >= 4 is 5.91 Å². The molecule has 2 aromatic rings. The van der Waals surface area contributed by atoms with Gasteiger partial charge in [0.25, 0.3) is 0 Å². The fraction of sp³-hybridized carbons (Fsp3) is 0.263. The summed E-state index contributed by atoms with van der Waals surface area (Å²) in [4.78, 5) is 11.2. The van der Waals surface area contributed by atoms with Gasteiger partial charge in [-0.25, -0.2) is 0 Å². The van der Waals surface area contributed by atoms with Crippen molar-refractivity contribution in [2.24, 2.45) is 0 Å². The Morgan fingerprint density at radius 3 is 2.61 bits per heavy atom. The molecule has 0 aliphatic carbocycles. The van der Waals surface area contributed by atoms with Gasteiger partial charge >= 0.3 is 0 Å². The van der Waals surface area contributed by atoms with Crippen LogP contribution in [-0.4, -0.2) is 12.5 Å². The van der Waals surface area contributed by atoms with Gasteiger partial charge in [-0.15, -0.1) is 0 Å². The van der Waals surface area contributed by atoms with Crippen molar-refractivity contribution < 1.29 is 9.53 Å². The molecule has 0 fully saturated rings. The lowest BCUT2D eigenvalue weighted by atomic mass is 10.1. The van der Waals surface area contributed by atoms with Crippen molar-refractivity contribution in [3.8, 4) is 17.6 Å². The molecule has 0 unspecified atom stereocenters. The van der Waals surface area contributed by atoms with E-state index >= 15 is 0 Å². The van der Waals surface area contributed by atoms with E-state index in [1.165, 1.54) is 5.56 Å². The van der Waals surface area contributed by atoms with Gasteiger partial charge in [0.2, 0.25) is 5.91 Å². The number of nitrogens with one attached hydrogen (secondary N) is 1. The van der Waals surface area contributed by atoms with Gasteiger partial charge in [-0.05, 0) is 55.2 Å². The first-order valence-corrected chi connectivity index (χ1v) is 7.57. The van der Waals surface area contributed by atoms with E-state index in [1.807, 2.05) is 49.4 Å². The van der Waals surface area contributed by atoms with Crippen LogP contribution in [0.2, 0.25) is 0 Å². The normalized spacial score (nSPS) is 9.96. The lowest BCUT2D eigenvalue weighted by Gasteiger charge is -2.11. The summed E-state index contributed by atoms with van der Waals surface area (Å²) in [7, 11) is 0. The molecule has 0 saturated carbocycles. The summed E-state index contributed by atoms with van der Waals surface area (Å²) in [5.74, 6) is 1.42. The van der Waals surface area contributed by atoms with Crippen molar-refractivity contribution in [1.82, 2.24) is 5.32 Å². The summed E-state index contributed by atoms with van der Waals surface area (Å²) in [6, 6.07) is 15.6. The number of hydrogen-bond donors (Lipinski definition) is 1. The molecule has 0 bridgehead atoms. The van der Waals surface area contributed by atoms with Gasteiger partial charge in [0.05, 0.1) is 6.07 Å². The van der Waals surface area contributed by atoms with E-state index in [9.17, 15) is 4.79 Å². The standard InChI is InChI=1S/C19H20N2O2/c1-14-4-3-5-18(15(14)2)23-17-8-6-16(7-9-17)11-13-21-19(22)10-12-20/h3-9H,10-11,13H2,1-2H3,(H,21,22). The molecule has 0 radical (unpaired) electrons. The number of hydrogen-bond acceptors (Lipinski definition) is 3. The zero-order chi connectivity index (χ0) is 16.7. The number of nitriles is 1. The number of nitrogens with zero attached hydrogens (tertiary/aromatic N) is 1. The highest BCUT2D eigenvalue weighted by atomic mass is 16.5. The van der Waals surface area contributed by atoms with Gasteiger partial charge < -0.3 is 10.1 Å². The Morgan fingerprint density at radius 2 is 1.91 bits per heavy atom. The van der Waals surface area contributed by atoms with Crippen LogP contribution < -0.4 is 10.1 Å². The molecule has 1 N–H and O–H groups in total. The second kappa shape index (κ2) is 8.00. The number of aryl methyl sites for hydroxylation is 1. The third kappa shape index (κ3) is 4.86. The fourth-order valence-electron chi connectivity index (χ4n) is 2.17. The van der Waals surface area contributed by atoms with Crippen LogP contribution in [0.5, 0.6) is 11.5 Å². The van der Waals surface area contributed by atoms with Gasteiger partial charge in [-0.3, -0.25) is 4.79 Å². The monoisotopic (exact) mass is 308 g/mol. The van der Waals surface area contributed by atoms with Crippen LogP contribution in [0.4, 0.5) is 0 Å². The Morgan fingerprint density at radius 1 is 1.17 bits per heavy atom. The SMILES string of the molecule is Cc1cccc(Oc2ccc(CCNC(=O)CC#N)cc2)c1C. The highest BCUT2D eigenvalue weighted by Crippen LogP contribution is 2.26. The second-order valence-corrected chi connectivity index (χ2v) is 5.38. The molecule has 23 heavy (non-hydrogen) atoms. The van der Waals surface area contributed by atoms with Gasteiger partial charge in [0.15, 0.2) is 0 Å². The Balaban J connectivity index is 1.91. The molecule has 0 aliphatic heterocycles. The Hall–Kier alpha value is -2.80. The number of ether oxygens (including phenoxy) is 1. The van der Waals surface area contributed by atoms with E-state index < -0.39 is 0 Å². The average Bonchev–Trinajstić information content (AvgIpc) is 2.54. The molecule has 2 rings (SSSR count). The van der Waals surface area contributed by atoms with E-state index in [-0.39, 0.29) is 12.3 Å². The largest absolute Gasteiger partial charge is 0.457 e. The van der Waals surface area contributed by atoms with E-state index in [0.717, 1.165) is 29.0 Å². The van der Waals surface area contributed by atoms with Crippen LogP contribution in [-0.2, 0) is 11.2 Å². The zero-order valence-corrected chi connectivity index (χ0v) is 13.4. The van der Waals surface area contributed by atoms with E-state index in [1.54, 1.807) is 0 Å². The summed E-state index contributed by atoms with van der Waals surface area (Å²) < 4.78 is 5.91. The quantitative estimate of drug-likeness (QED) is 0.885. The minimum absolute atomic E-state index is 0.0946. The molecule has 4 heteroatoms. The van der Waals surface area contributed by atoms with Gasteiger partial charge in [0.1, 0.15) is 17.9 Å². The maximum atomic E-state index is 11.2. The van der Waals surface area contributed by atoms with Crippen LogP contribution in [0, 0.1) is 25.2 Å². The molecule has 0 spiro atoms. The number of carbonyl (C=O) groups is 1. The first kappa shape index (κ1) is 16.6. The Bertz CT molecular complexity index is 715. The Kier molecular flexibility index (Phi) is 5.76. The van der Waals surface area contributed by atoms with E-state index in [4.69, 9.17) is 10.00 Å². The molecule has 0 heterocycles. The number of carbonyl (C=O) groups excluding carboxylic acids is 1. The van der Waals surface area contributed by atoms with Gasteiger partial charge in [-0.2, -0.15) is 5.26 Å². The minimum Gasteiger partial charge on any atom is -0.457 e. The number of rotatable bonds is 6. The molecule has 2 aromatic carbocycles. The third-order valence-electron chi connectivity index (χ3n) is 3.68. The summed E-state index contributed by atoms with van der Waals surface area (Å²) in [5, 5.41) is 11.1. The summed E-state index contributed by atoms with van der Waals surface area (Å²) in [6.45, 7) is 4.63. The van der Waals surface area contributed by atoms with E-state index in [0.29, 0.717) is 6.54 Å². The summed E-state index contributed by atoms with van der Waals surface area (Å²) >= 11 is 0. The van der Waals surface area contributed by atoms with Crippen LogP contribution in [0.1, 0.15) is 23.1 Å². The first-order valence-electron chi connectivity index (χ1n) is 7.57. The highest BCUT2D eigenvalue weighted by Gasteiger charge is 2.04. The van der Waals surface area contributed by atoms with Crippen LogP contribution in [0.3, 0.4) is 0 Å². The summed E-state index contributed by atoms with van der Waals surface area (Å²) in [5.41, 5.74) is 3.44. The third-order valence-corrected chi connectivity index (χ3v) is 3.68. The molecule has 0 aromatic heterocycles. The second-order valence-electron chi connectivity index (χ2n) is 5.38. The topological polar surface area (TPSA) is 62.1 Å². The van der Waals surface area contributed by atoms with Crippen molar-refractivity contribution in [2.45, 2.75) is 26.7 Å². The fourth-order valence-corrected chi connectivity index (χ4v) is 2.17. The lowest BCUT2D eigenvalue weighted by molar-refractivity contribution is -0.120. The average molecular weight is 308 g/mol. The van der Waals surface area contributed by atoms with Gasteiger partial charge in [0, 0.05) is 6.54 Å². The van der Waals surface area contributed by atoms with Crippen LogP contribution >= 0.6 is 0 Å². The molecule has 0 atom stereocenters. The van der Waals surface area contributed by atoms with E-state index in [2.05, 4.69) is 18.3 Å². The maximum Gasteiger partial charge on any atom is 0.234 e. The molecule has 1 amide bonds. The predicted octanol–water partition coefficient (Wildman–Crippen LogP) is 3.67. The predicted molar refractivity (Wildman–Crippen MR) is 89.4 cm³/mol. The highest BCUT2D eigenvalue weighted by molar-refractivity contribution is 5.77.